The van der Waals surface area contributed by atoms with Crippen molar-refractivity contribution in [3.8, 4) is 11.5 Å². The van der Waals surface area contributed by atoms with Crippen molar-refractivity contribution in [3.05, 3.63) is 86.5 Å². The van der Waals surface area contributed by atoms with Crippen molar-refractivity contribution in [3.63, 3.8) is 0 Å². The minimum atomic E-state index is -5.63. The van der Waals surface area contributed by atoms with E-state index in [1.165, 1.54) is 18.2 Å². The molecule has 0 radical (unpaired) electrons. The molecule has 0 aliphatic heterocycles. The number of nitrogen functional groups attached to an aromatic ring is 2. The van der Waals surface area contributed by atoms with Crippen LogP contribution in [0.4, 0.5) is 37.7 Å². The van der Waals surface area contributed by atoms with Gasteiger partial charge in [0.1, 0.15) is 17.1 Å². The number of hydrogen-bond donors (Lipinski definition) is 4. The van der Waals surface area contributed by atoms with Crippen molar-refractivity contribution in [2.45, 2.75) is 24.7 Å². The molecule has 8 N–H and O–H groups in total. The van der Waals surface area contributed by atoms with Crippen molar-refractivity contribution in [1.29, 1.82) is 0 Å². The van der Waals surface area contributed by atoms with E-state index in [2.05, 4.69) is 0 Å². The highest BCUT2D eigenvalue weighted by molar-refractivity contribution is 6.31. The molecule has 2 aromatic rings. The highest BCUT2D eigenvalue weighted by atomic mass is 19.4. The molecule has 5 aliphatic carbocycles. The predicted molar refractivity (Wildman–Crippen MR) is 129 cm³/mol. The van der Waals surface area contributed by atoms with Crippen molar-refractivity contribution in [2.24, 2.45) is 5.92 Å². The van der Waals surface area contributed by atoms with E-state index in [1.807, 2.05) is 0 Å². The van der Waals surface area contributed by atoms with Crippen LogP contribution in [0.2, 0.25) is 0 Å². The summed E-state index contributed by atoms with van der Waals surface area (Å²) in [5.74, 6) is -1.28. The fourth-order valence-electron chi connectivity index (χ4n) is 6.68. The number of aromatic hydroxyl groups is 2. The van der Waals surface area contributed by atoms with Gasteiger partial charge in [-0.1, -0.05) is 24.3 Å². The quantitative estimate of drug-likeness (QED) is 0.202. The minimum absolute atomic E-state index is 0. The molecular weight excluding hydrogens is 514 g/mol. The maximum absolute atomic E-state index is 13.8. The fourth-order valence-corrected chi connectivity index (χ4v) is 6.68. The van der Waals surface area contributed by atoms with E-state index in [0.717, 1.165) is 17.2 Å². The summed E-state index contributed by atoms with van der Waals surface area (Å²) in [6.45, 7) is 0. The van der Waals surface area contributed by atoms with E-state index in [-0.39, 0.29) is 46.3 Å². The lowest BCUT2D eigenvalue weighted by atomic mass is 9.46. The minimum Gasteiger partial charge on any atom is -0.505 e. The molecule has 0 saturated carbocycles. The fraction of sp³-hybridized carbons (Fsp3) is 0.185. The maximum atomic E-state index is 13.8. The number of allylic oxidation sites excluding steroid dienone is 10. The third-order valence-electron chi connectivity index (χ3n) is 8.01. The average Bonchev–Trinajstić information content (AvgIpc) is 2.76. The lowest BCUT2D eigenvalue weighted by molar-refractivity contribution is -0.172. The van der Waals surface area contributed by atoms with E-state index in [4.69, 9.17) is 11.5 Å². The second-order valence-electron chi connectivity index (χ2n) is 9.72. The van der Waals surface area contributed by atoms with Crippen LogP contribution in [0.25, 0.3) is 16.7 Å². The molecule has 7 rings (SSSR count). The van der Waals surface area contributed by atoms with Gasteiger partial charge in [0, 0.05) is 23.0 Å². The number of anilines is 2. The van der Waals surface area contributed by atoms with Crippen molar-refractivity contribution in [1.82, 2.24) is 0 Å². The number of nitrogens with two attached hydrogens (primary N) is 2. The zero-order valence-electron chi connectivity index (χ0n) is 19.1. The molecule has 0 amide bonds. The molecule has 2 atom stereocenters. The van der Waals surface area contributed by atoms with Gasteiger partial charge in [-0.15, -0.1) is 0 Å². The second kappa shape index (κ2) is 7.04. The van der Waals surface area contributed by atoms with Gasteiger partial charge in [0.2, 0.25) is 0 Å². The van der Waals surface area contributed by atoms with Gasteiger partial charge in [0.05, 0.1) is 11.4 Å². The first-order valence-electron chi connectivity index (χ1n) is 11.4. The summed E-state index contributed by atoms with van der Waals surface area (Å²) in [6, 6.07) is 6.39. The maximum Gasteiger partial charge on any atom is 0.421 e. The number of phenols is 2. The van der Waals surface area contributed by atoms with E-state index < -0.39 is 29.4 Å². The molecule has 5 aliphatic rings. The van der Waals surface area contributed by atoms with E-state index in [0.29, 0.717) is 39.0 Å². The largest absolute Gasteiger partial charge is 0.505 e. The SMILES string of the molecule is Nc1ccc2c(c1O)C1=C3C4=C(CC=CC4=C(C(F)(F)F)C(F)(F)F)C3C3C(=C12)c1c3ccc(N)c1O.O. The molecule has 0 bridgehead atoms. The monoisotopic (exact) mass is 532 g/mol. The van der Waals surface area contributed by atoms with Crippen LogP contribution in [0.5, 0.6) is 11.5 Å². The lowest BCUT2D eigenvalue weighted by Crippen LogP contribution is -2.41. The Morgan fingerprint density at radius 1 is 0.763 bits per heavy atom. The van der Waals surface area contributed by atoms with Gasteiger partial charge in [-0.2, -0.15) is 26.3 Å². The van der Waals surface area contributed by atoms with Gasteiger partial charge in [-0.05, 0) is 68.7 Å². The zero-order valence-corrected chi connectivity index (χ0v) is 19.1. The topological polar surface area (TPSA) is 124 Å². The van der Waals surface area contributed by atoms with Crippen LogP contribution in [0, 0.1) is 5.92 Å². The molecule has 0 fully saturated rings. The van der Waals surface area contributed by atoms with E-state index >= 15 is 0 Å². The summed E-state index contributed by atoms with van der Waals surface area (Å²) in [5.41, 5.74) is 13.0. The predicted octanol–water partition coefficient (Wildman–Crippen LogP) is 5.53. The highest BCUT2D eigenvalue weighted by Crippen LogP contribution is 2.74. The standard InChI is InChI=1S/C27H16F6N2O2.H2O/c28-26(29,30)25(27(31,32)33)11-3-1-2-8-14(11)20-15(8)16-9-4-6-12(34)23(36)18(9)21(16)17-10-5-7-13(35)24(37)19(10)22(17)20;/h1,3-7,15-16,36-37H,2,34-35H2;1H2. The molecule has 0 aromatic heterocycles. The molecule has 196 valence electrons. The van der Waals surface area contributed by atoms with Gasteiger partial charge in [0.15, 0.2) is 0 Å². The summed E-state index contributed by atoms with van der Waals surface area (Å²) in [7, 11) is 0. The van der Waals surface area contributed by atoms with Gasteiger partial charge in [-0.25, -0.2) is 0 Å². The molecule has 5 nitrogen and oxygen atoms in total. The summed E-state index contributed by atoms with van der Waals surface area (Å²) >= 11 is 0. The Hall–Kier alpha value is -4.12. The van der Waals surface area contributed by atoms with Crippen LogP contribution in [0.3, 0.4) is 0 Å². The first-order chi connectivity index (χ1) is 17.3. The van der Waals surface area contributed by atoms with Crippen LogP contribution < -0.4 is 11.5 Å². The highest BCUT2D eigenvalue weighted by Gasteiger charge is 2.60. The van der Waals surface area contributed by atoms with Gasteiger partial charge in [0.25, 0.3) is 0 Å². The van der Waals surface area contributed by atoms with Crippen LogP contribution in [0.1, 0.15) is 34.6 Å². The van der Waals surface area contributed by atoms with E-state index in [1.54, 1.807) is 12.1 Å². The first-order valence-corrected chi connectivity index (χ1v) is 11.4. The van der Waals surface area contributed by atoms with E-state index in [9.17, 15) is 36.6 Å². The Kier molecular flexibility index (Phi) is 4.49. The normalized spacial score (nSPS) is 22.1. The zero-order chi connectivity index (χ0) is 26.3. The van der Waals surface area contributed by atoms with Crippen LogP contribution in [-0.4, -0.2) is 28.0 Å². The first kappa shape index (κ1) is 24.2. The molecule has 2 unspecified atom stereocenters. The molecule has 38 heavy (non-hydrogen) atoms. The number of halogens is 6. The van der Waals surface area contributed by atoms with Crippen LogP contribution in [-0.2, 0) is 0 Å². The van der Waals surface area contributed by atoms with Crippen LogP contribution in [0.15, 0.2) is 64.3 Å². The number of benzene rings is 2. The van der Waals surface area contributed by atoms with Crippen molar-refractivity contribution in [2.75, 3.05) is 11.5 Å². The Balaban J connectivity index is 0.00000264. The smallest absolute Gasteiger partial charge is 0.421 e. The van der Waals surface area contributed by atoms with Crippen molar-refractivity contribution < 1.29 is 42.0 Å². The molecule has 11 heteroatoms. The molecule has 0 saturated heterocycles. The third kappa shape index (κ3) is 2.61. The number of fused-ring (bicyclic) bond motifs is 12. The Morgan fingerprint density at radius 2 is 1.37 bits per heavy atom. The molecule has 2 aromatic carbocycles. The number of rotatable bonds is 0. The Morgan fingerprint density at radius 3 is 2.00 bits per heavy atom. The summed E-state index contributed by atoms with van der Waals surface area (Å²) in [4.78, 5) is 0. The summed E-state index contributed by atoms with van der Waals surface area (Å²) in [6.07, 6.45) is -8.86. The Bertz CT molecular complexity index is 1650. The van der Waals surface area contributed by atoms with Crippen LogP contribution >= 0.6 is 0 Å². The third-order valence-corrected chi connectivity index (χ3v) is 8.01. The molecule has 0 heterocycles. The number of alkyl halides is 6. The summed E-state index contributed by atoms with van der Waals surface area (Å²) in [5, 5.41) is 21.5. The average molecular weight is 532 g/mol. The lowest BCUT2D eigenvalue weighted by Gasteiger charge is -2.56. The number of phenolic OH excluding ortho intramolecular Hbond substituents is 2. The number of hydrogen-bond acceptors (Lipinski definition) is 4. The van der Waals surface area contributed by atoms with Crippen molar-refractivity contribution >= 4 is 28.1 Å². The van der Waals surface area contributed by atoms with Gasteiger partial charge >= 0.3 is 12.4 Å². The van der Waals surface area contributed by atoms with Gasteiger partial charge < -0.3 is 27.2 Å². The Labute approximate surface area is 210 Å². The summed E-state index contributed by atoms with van der Waals surface area (Å²) < 4.78 is 82.6. The molecular formula is C27H18F6N2O3. The second-order valence-corrected chi connectivity index (χ2v) is 9.72. The van der Waals surface area contributed by atoms with Gasteiger partial charge in [-0.3, -0.25) is 0 Å². The molecule has 0 spiro atoms.